The summed E-state index contributed by atoms with van der Waals surface area (Å²) < 4.78 is 5.34. The van der Waals surface area contributed by atoms with Crippen molar-refractivity contribution in [1.29, 1.82) is 0 Å². The van der Waals surface area contributed by atoms with Gasteiger partial charge in [-0.2, -0.15) is 0 Å². The second-order valence-electron chi connectivity index (χ2n) is 9.06. The molecule has 0 bridgehead atoms. The first-order valence-corrected chi connectivity index (χ1v) is 13.1. The van der Waals surface area contributed by atoms with Gasteiger partial charge in [0.1, 0.15) is 5.75 Å². The Morgan fingerprint density at radius 2 is 2.06 bits per heavy atom. The van der Waals surface area contributed by atoms with Crippen LogP contribution < -0.4 is 4.74 Å². The molecule has 7 nitrogen and oxygen atoms in total. The summed E-state index contributed by atoms with van der Waals surface area (Å²) in [5.41, 5.74) is 1.62. The van der Waals surface area contributed by atoms with Crippen LogP contribution in [0.4, 0.5) is 0 Å². The monoisotopic (exact) mass is 495 g/mol. The maximum absolute atomic E-state index is 12.1. The molecular weight excluding hydrogens is 462 g/mol. The number of carbonyl (C=O) groups is 1. The molecule has 2 aromatic heterocycles. The molecule has 0 saturated carbocycles. The van der Waals surface area contributed by atoms with Crippen LogP contribution in [0, 0.1) is 11.8 Å². The molecule has 35 heavy (non-hydrogen) atoms. The molecule has 186 valence electrons. The van der Waals surface area contributed by atoms with E-state index in [0.29, 0.717) is 19.4 Å². The maximum Gasteiger partial charge on any atom is 0.308 e. The number of carboxylic acid groups (broad SMARTS) is 1. The molecule has 0 aliphatic carbocycles. The Morgan fingerprint density at radius 1 is 1.23 bits per heavy atom. The fraction of sp³-hybridized carbons (Fsp3) is 0.444. The van der Waals surface area contributed by atoms with Crippen molar-refractivity contribution < 1.29 is 19.7 Å². The summed E-state index contributed by atoms with van der Waals surface area (Å²) >= 11 is 1.81. The van der Waals surface area contributed by atoms with Crippen LogP contribution >= 0.6 is 11.8 Å². The normalized spacial score (nSPS) is 19.5. The summed E-state index contributed by atoms with van der Waals surface area (Å²) in [5, 5.41) is 21.8. The van der Waals surface area contributed by atoms with E-state index in [1.165, 1.54) is 4.90 Å². The van der Waals surface area contributed by atoms with E-state index in [0.717, 1.165) is 53.9 Å². The van der Waals surface area contributed by atoms with Gasteiger partial charge in [-0.1, -0.05) is 0 Å². The molecule has 0 unspecified atom stereocenters. The van der Waals surface area contributed by atoms with Gasteiger partial charge in [-0.25, -0.2) is 0 Å². The van der Waals surface area contributed by atoms with Crippen molar-refractivity contribution in [2.45, 2.75) is 36.7 Å². The second-order valence-corrected chi connectivity index (χ2v) is 10.2. The lowest BCUT2D eigenvalue weighted by Gasteiger charge is -2.37. The van der Waals surface area contributed by atoms with Crippen LogP contribution in [-0.2, 0) is 4.79 Å². The highest BCUT2D eigenvalue weighted by Crippen LogP contribution is 2.34. The zero-order valence-corrected chi connectivity index (χ0v) is 20.9. The highest BCUT2D eigenvalue weighted by molar-refractivity contribution is 7.99. The van der Waals surface area contributed by atoms with Crippen molar-refractivity contribution in [3.8, 4) is 5.75 Å². The number of rotatable bonds is 11. The molecule has 1 aromatic carbocycles. The van der Waals surface area contributed by atoms with Crippen LogP contribution in [0.15, 0.2) is 59.9 Å². The zero-order chi connectivity index (χ0) is 24.6. The van der Waals surface area contributed by atoms with Crippen molar-refractivity contribution in [3.63, 3.8) is 0 Å². The molecule has 4 rings (SSSR count). The zero-order valence-electron chi connectivity index (χ0n) is 20.0. The lowest BCUT2D eigenvalue weighted by molar-refractivity contribution is -0.146. The molecule has 1 saturated heterocycles. The smallest absolute Gasteiger partial charge is 0.308 e. The van der Waals surface area contributed by atoms with Crippen molar-refractivity contribution in [2.75, 3.05) is 32.5 Å². The summed E-state index contributed by atoms with van der Waals surface area (Å²) in [5.74, 6) is 0.639. The SMILES string of the molecule is COc1ccc2nccc([C@@H](O)CC[C@@H]3CCN(CCCSc4ccncc4)C[C@@H]3C(=O)O)c2c1. The highest BCUT2D eigenvalue weighted by Gasteiger charge is 2.34. The van der Waals surface area contributed by atoms with Gasteiger partial charge in [-0.05, 0) is 92.4 Å². The standard InChI is InChI=1S/C27H33N3O4S/c1-34-20-4-5-25-23(17-20)22(9-13-29-25)26(31)6-3-19-10-15-30(18-24(19)27(32)33)14-2-16-35-21-7-11-28-12-8-21/h4-5,7-9,11-13,17,19,24,26,31H,2-3,6,10,14-16,18H2,1H3,(H,32,33)/t19-,24+,26+/m1/s1. The van der Waals surface area contributed by atoms with Crippen LogP contribution in [0.25, 0.3) is 10.9 Å². The minimum absolute atomic E-state index is 0.0623. The van der Waals surface area contributed by atoms with Gasteiger partial charge in [0.2, 0.25) is 0 Å². The predicted octanol–water partition coefficient (Wildman–Crippen LogP) is 4.66. The van der Waals surface area contributed by atoms with E-state index >= 15 is 0 Å². The number of fused-ring (bicyclic) bond motifs is 1. The topological polar surface area (TPSA) is 95.8 Å². The van der Waals surface area contributed by atoms with Crippen LogP contribution in [0.1, 0.15) is 37.4 Å². The number of methoxy groups -OCH3 is 1. The fourth-order valence-corrected chi connectivity index (χ4v) is 5.72. The molecule has 8 heteroatoms. The molecule has 1 aliphatic rings. The molecule has 3 heterocycles. The van der Waals surface area contributed by atoms with Gasteiger partial charge in [0.15, 0.2) is 0 Å². The van der Waals surface area contributed by atoms with Crippen molar-refractivity contribution in [3.05, 3.63) is 60.6 Å². The van der Waals surface area contributed by atoms with Crippen molar-refractivity contribution in [1.82, 2.24) is 14.9 Å². The van der Waals surface area contributed by atoms with Gasteiger partial charge < -0.3 is 19.8 Å². The summed E-state index contributed by atoms with van der Waals surface area (Å²) in [6, 6.07) is 11.5. The average Bonchev–Trinajstić information content (AvgIpc) is 2.89. The van der Waals surface area contributed by atoms with Crippen LogP contribution in [-0.4, -0.2) is 63.5 Å². The minimum atomic E-state index is -0.737. The largest absolute Gasteiger partial charge is 0.497 e. The molecule has 2 N–H and O–H groups in total. The third-order valence-electron chi connectivity index (χ3n) is 6.85. The predicted molar refractivity (Wildman–Crippen MR) is 138 cm³/mol. The number of aliphatic carboxylic acids is 1. The second kappa shape index (κ2) is 12.3. The van der Waals surface area contributed by atoms with Crippen molar-refractivity contribution >= 4 is 28.6 Å². The van der Waals surface area contributed by atoms with Crippen LogP contribution in [0.5, 0.6) is 5.75 Å². The molecule has 0 spiro atoms. The number of likely N-dealkylation sites (tertiary alicyclic amines) is 1. The van der Waals surface area contributed by atoms with Gasteiger partial charge in [-0.3, -0.25) is 14.8 Å². The first-order valence-electron chi connectivity index (χ1n) is 12.1. The summed E-state index contributed by atoms with van der Waals surface area (Å²) in [4.78, 5) is 24.0. The Balaban J connectivity index is 1.30. The molecular formula is C27H33N3O4S. The van der Waals surface area contributed by atoms with E-state index in [9.17, 15) is 15.0 Å². The van der Waals surface area contributed by atoms with E-state index in [2.05, 4.69) is 14.9 Å². The first kappa shape index (κ1) is 25.4. The van der Waals surface area contributed by atoms with E-state index in [-0.39, 0.29) is 5.92 Å². The number of aromatic nitrogens is 2. The number of hydrogen-bond acceptors (Lipinski definition) is 7. The van der Waals surface area contributed by atoms with Gasteiger partial charge in [0, 0.05) is 35.4 Å². The number of hydrogen-bond donors (Lipinski definition) is 2. The van der Waals surface area contributed by atoms with E-state index < -0.39 is 18.0 Å². The number of pyridine rings is 2. The summed E-state index contributed by atoms with van der Waals surface area (Å²) in [6.07, 6.45) is 7.69. The number of ether oxygens (including phenoxy) is 1. The molecule has 3 aromatic rings. The Morgan fingerprint density at radius 3 is 2.83 bits per heavy atom. The number of carboxylic acids is 1. The van der Waals surface area contributed by atoms with Gasteiger partial charge in [0.05, 0.1) is 24.6 Å². The third kappa shape index (κ3) is 6.72. The minimum Gasteiger partial charge on any atom is -0.497 e. The van der Waals surface area contributed by atoms with Crippen LogP contribution in [0.3, 0.4) is 0 Å². The number of piperidine rings is 1. The van der Waals surface area contributed by atoms with E-state index in [1.54, 1.807) is 37.5 Å². The van der Waals surface area contributed by atoms with E-state index in [1.807, 2.05) is 36.4 Å². The molecule has 1 aliphatic heterocycles. The average molecular weight is 496 g/mol. The molecule has 0 radical (unpaired) electrons. The lowest BCUT2D eigenvalue weighted by Crippen LogP contribution is -2.44. The third-order valence-corrected chi connectivity index (χ3v) is 7.95. The summed E-state index contributed by atoms with van der Waals surface area (Å²) in [7, 11) is 1.62. The Labute approximate surface area is 210 Å². The number of thioether (sulfide) groups is 1. The van der Waals surface area contributed by atoms with Gasteiger partial charge >= 0.3 is 5.97 Å². The number of aliphatic hydroxyl groups is 1. The molecule has 3 atom stereocenters. The number of nitrogens with zero attached hydrogens (tertiary/aromatic N) is 3. The van der Waals surface area contributed by atoms with Crippen LogP contribution in [0.2, 0.25) is 0 Å². The van der Waals surface area contributed by atoms with Gasteiger partial charge in [-0.15, -0.1) is 11.8 Å². The number of benzene rings is 1. The first-order chi connectivity index (χ1) is 17.0. The van der Waals surface area contributed by atoms with E-state index in [4.69, 9.17) is 4.74 Å². The maximum atomic E-state index is 12.1. The Hall–Kier alpha value is -2.68. The number of aliphatic hydroxyl groups excluding tert-OH is 1. The lowest BCUT2D eigenvalue weighted by atomic mass is 9.81. The molecule has 1 fully saturated rings. The highest BCUT2D eigenvalue weighted by atomic mass is 32.2. The Bertz CT molecular complexity index is 1110. The van der Waals surface area contributed by atoms with Crippen molar-refractivity contribution in [2.24, 2.45) is 11.8 Å². The van der Waals surface area contributed by atoms with Gasteiger partial charge in [0.25, 0.3) is 0 Å². The quantitative estimate of drug-likeness (QED) is 0.293. The molecule has 0 amide bonds. The Kier molecular flexibility index (Phi) is 8.95. The fourth-order valence-electron chi connectivity index (χ4n) is 4.90. The summed E-state index contributed by atoms with van der Waals surface area (Å²) in [6.45, 7) is 2.38.